The zero-order valence-electron chi connectivity index (χ0n) is 22.0. The lowest BCUT2D eigenvalue weighted by Gasteiger charge is -2.26. The Morgan fingerprint density at radius 3 is 2.32 bits per heavy atom. The summed E-state index contributed by atoms with van der Waals surface area (Å²) >= 11 is 0. The lowest BCUT2D eigenvalue weighted by Crippen LogP contribution is -2.31. The Kier molecular flexibility index (Phi) is 7.81. The van der Waals surface area contributed by atoms with Crippen molar-refractivity contribution < 1.29 is 19.4 Å². The number of carbonyl (C=O) groups is 2. The quantitative estimate of drug-likeness (QED) is 0.238. The van der Waals surface area contributed by atoms with Gasteiger partial charge in [0, 0.05) is 31.0 Å². The van der Waals surface area contributed by atoms with E-state index < -0.39 is 17.7 Å². The third kappa shape index (κ3) is 5.77. The number of imidazole rings is 1. The highest BCUT2D eigenvalue weighted by Gasteiger charge is 2.45. The number of likely N-dealkylation sites (tertiary alicyclic amines) is 1. The summed E-state index contributed by atoms with van der Waals surface area (Å²) in [7, 11) is 0. The van der Waals surface area contributed by atoms with Gasteiger partial charge in [-0.05, 0) is 53.6 Å². The van der Waals surface area contributed by atoms with Crippen LogP contribution in [0.1, 0.15) is 63.3 Å². The first-order valence-corrected chi connectivity index (χ1v) is 12.8. The molecule has 37 heavy (non-hydrogen) atoms. The fourth-order valence-corrected chi connectivity index (χ4v) is 4.55. The van der Waals surface area contributed by atoms with E-state index in [1.807, 2.05) is 42.0 Å². The average Bonchev–Trinajstić information content (AvgIpc) is 3.49. The lowest BCUT2D eigenvalue weighted by atomic mass is 9.85. The maximum absolute atomic E-state index is 13.3. The monoisotopic (exact) mass is 501 g/mol. The number of carbonyl (C=O) groups excluding carboxylic acids is 2. The molecule has 1 aliphatic rings. The van der Waals surface area contributed by atoms with Gasteiger partial charge in [0.1, 0.15) is 11.5 Å². The number of nitrogens with zero attached hydrogens (tertiary/aromatic N) is 3. The molecule has 1 fully saturated rings. The van der Waals surface area contributed by atoms with Crippen molar-refractivity contribution in [3.63, 3.8) is 0 Å². The number of hydrogen-bond donors (Lipinski definition) is 1. The number of ether oxygens (including phenoxy) is 1. The number of hydrogen-bond acceptors (Lipinski definition) is 5. The van der Waals surface area contributed by atoms with E-state index in [4.69, 9.17) is 4.74 Å². The fourth-order valence-electron chi connectivity index (χ4n) is 4.55. The molecule has 1 atom stereocenters. The standard InChI is InChI=1S/C30H35N3O4/c1-5-19-37-24-13-9-22(10-14-24)27(34)25-26(21-7-11-23(12-8-21)30(2,3)4)33(29(36)28(25)35)17-6-16-32-18-15-31-20-32/h7-15,18,20,26,34H,5-6,16-17,19H2,1-4H3/t26-/m0/s1. The van der Waals surface area contributed by atoms with Crippen molar-refractivity contribution in [1.82, 2.24) is 14.5 Å². The average molecular weight is 502 g/mol. The van der Waals surface area contributed by atoms with E-state index in [-0.39, 0.29) is 16.7 Å². The fraction of sp³-hybridized carbons (Fsp3) is 0.367. The topological polar surface area (TPSA) is 84.7 Å². The molecule has 2 aromatic carbocycles. The molecular weight excluding hydrogens is 466 g/mol. The summed E-state index contributed by atoms with van der Waals surface area (Å²) < 4.78 is 7.58. The van der Waals surface area contributed by atoms with Crippen LogP contribution in [0.25, 0.3) is 5.76 Å². The number of ketones is 1. The highest BCUT2D eigenvalue weighted by molar-refractivity contribution is 6.46. The number of Topliss-reactive ketones (excluding diaryl/α,β-unsaturated/α-hetero) is 1. The summed E-state index contributed by atoms with van der Waals surface area (Å²) in [6, 6.07) is 14.2. The molecule has 7 heteroatoms. The zero-order valence-corrected chi connectivity index (χ0v) is 22.0. The van der Waals surface area contributed by atoms with Gasteiger partial charge in [-0.1, -0.05) is 52.0 Å². The van der Waals surface area contributed by atoms with Gasteiger partial charge in [0.15, 0.2) is 0 Å². The Morgan fingerprint density at radius 2 is 1.73 bits per heavy atom. The van der Waals surface area contributed by atoms with Gasteiger partial charge in [-0.3, -0.25) is 9.59 Å². The van der Waals surface area contributed by atoms with Gasteiger partial charge in [-0.2, -0.15) is 0 Å². The second-order valence-corrected chi connectivity index (χ2v) is 10.4. The Labute approximate surface area is 218 Å². The molecule has 4 rings (SSSR count). The zero-order chi connectivity index (χ0) is 26.6. The Bertz CT molecular complexity index is 1250. The largest absolute Gasteiger partial charge is 0.507 e. The van der Waals surface area contributed by atoms with Crippen molar-refractivity contribution in [3.05, 3.63) is 89.5 Å². The smallest absolute Gasteiger partial charge is 0.295 e. The minimum Gasteiger partial charge on any atom is -0.507 e. The predicted octanol–water partition coefficient (Wildman–Crippen LogP) is 5.48. The summed E-state index contributed by atoms with van der Waals surface area (Å²) in [4.78, 5) is 32.1. The van der Waals surface area contributed by atoms with E-state index in [9.17, 15) is 14.7 Å². The lowest BCUT2D eigenvalue weighted by molar-refractivity contribution is -0.139. The van der Waals surface area contributed by atoms with E-state index in [2.05, 4.69) is 25.8 Å². The van der Waals surface area contributed by atoms with Crippen molar-refractivity contribution in [2.75, 3.05) is 13.2 Å². The normalized spacial score (nSPS) is 17.4. The molecular formula is C30H35N3O4. The van der Waals surface area contributed by atoms with E-state index in [1.165, 1.54) is 0 Å². The molecule has 194 valence electrons. The molecule has 0 spiro atoms. The summed E-state index contributed by atoms with van der Waals surface area (Å²) in [5, 5.41) is 11.3. The third-order valence-electron chi connectivity index (χ3n) is 6.61. The molecule has 3 aromatic rings. The van der Waals surface area contributed by atoms with Gasteiger partial charge in [0.05, 0.1) is 24.5 Å². The molecule has 1 aromatic heterocycles. The van der Waals surface area contributed by atoms with Crippen molar-refractivity contribution in [2.24, 2.45) is 0 Å². The molecule has 0 bridgehead atoms. The van der Waals surface area contributed by atoms with E-state index in [1.54, 1.807) is 41.7 Å². The van der Waals surface area contributed by atoms with Gasteiger partial charge < -0.3 is 19.3 Å². The number of aliphatic hydroxyl groups excluding tert-OH is 1. The maximum Gasteiger partial charge on any atom is 0.295 e. The predicted molar refractivity (Wildman–Crippen MR) is 143 cm³/mol. The number of rotatable bonds is 9. The van der Waals surface area contributed by atoms with Gasteiger partial charge in [0.2, 0.25) is 0 Å². The molecule has 7 nitrogen and oxygen atoms in total. The number of benzene rings is 2. The molecule has 0 saturated carbocycles. The van der Waals surface area contributed by atoms with Crippen LogP contribution in [0.2, 0.25) is 0 Å². The van der Waals surface area contributed by atoms with Crippen LogP contribution in [0.4, 0.5) is 0 Å². The minimum atomic E-state index is -0.673. The van der Waals surface area contributed by atoms with Crippen LogP contribution in [0.5, 0.6) is 5.75 Å². The van der Waals surface area contributed by atoms with E-state index in [0.29, 0.717) is 37.4 Å². The second kappa shape index (κ2) is 11.0. The van der Waals surface area contributed by atoms with Crippen LogP contribution in [0, 0.1) is 0 Å². The first-order chi connectivity index (χ1) is 17.7. The molecule has 1 saturated heterocycles. The van der Waals surface area contributed by atoms with Crippen molar-refractivity contribution in [3.8, 4) is 5.75 Å². The third-order valence-corrected chi connectivity index (χ3v) is 6.61. The van der Waals surface area contributed by atoms with Crippen LogP contribution in [0.15, 0.2) is 72.8 Å². The molecule has 1 aliphatic heterocycles. The minimum absolute atomic E-state index is 0.0350. The van der Waals surface area contributed by atoms with Gasteiger partial charge in [-0.15, -0.1) is 0 Å². The Morgan fingerprint density at radius 1 is 1.03 bits per heavy atom. The van der Waals surface area contributed by atoms with E-state index >= 15 is 0 Å². The number of amides is 1. The molecule has 0 unspecified atom stereocenters. The van der Waals surface area contributed by atoms with Crippen LogP contribution >= 0.6 is 0 Å². The summed E-state index contributed by atoms with van der Waals surface area (Å²) in [5.74, 6) is -0.758. The first kappa shape index (κ1) is 26.2. The summed E-state index contributed by atoms with van der Waals surface area (Å²) in [6.07, 6.45) is 6.83. The Balaban J connectivity index is 1.70. The number of aliphatic hydroxyl groups is 1. The summed E-state index contributed by atoms with van der Waals surface area (Å²) in [5.41, 5.74) is 2.48. The van der Waals surface area contributed by atoms with Crippen molar-refractivity contribution >= 4 is 17.4 Å². The van der Waals surface area contributed by atoms with Crippen molar-refractivity contribution in [1.29, 1.82) is 0 Å². The highest BCUT2D eigenvalue weighted by Crippen LogP contribution is 2.40. The highest BCUT2D eigenvalue weighted by atomic mass is 16.5. The molecule has 1 N–H and O–H groups in total. The molecule has 0 radical (unpaired) electrons. The SMILES string of the molecule is CCCOc1ccc(C(O)=C2C(=O)C(=O)N(CCCn3ccnc3)[C@H]2c2ccc(C(C)(C)C)cc2)cc1. The van der Waals surface area contributed by atoms with Crippen LogP contribution < -0.4 is 4.74 Å². The van der Waals surface area contributed by atoms with Crippen LogP contribution in [-0.4, -0.2) is 44.4 Å². The van der Waals surface area contributed by atoms with Crippen LogP contribution in [0.3, 0.4) is 0 Å². The first-order valence-electron chi connectivity index (χ1n) is 12.8. The molecule has 2 heterocycles. The van der Waals surface area contributed by atoms with Crippen LogP contribution in [-0.2, 0) is 21.5 Å². The summed E-state index contributed by atoms with van der Waals surface area (Å²) in [6.45, 7) is 10.1. The van der Waals surface area contributed by atoms with Crippen molar-refractivity contribution in [2.45, 2.75) is 58.5 Å². The van der Waals surface area contributed by atoms with E-state index in [0.717, 1.165) is 17.5 Å². The molecule has 1 amide bonds. The number of aryl methyl sites for hydroxylation is 1. The number of aromatic nitrogens is 2. The Hall–Kier alpha value is -3.87. The maximum atomic E-state index is 13.3. The van der Waals surface area contributed by atoms with Gasteiger partial charge >= 0.3 is 0 Å². The second-order valence-electron chi connectivity index (χ2n) is 10.4. The van der Waals surface area contributed by atoms with Gasteiger partial charge in [-0.25, -0.2) is 4.98 Å². The van der Waals surface area contributed by atoms with Gasteiger partial charge in [0.25, 0.3) is 11.7 Å². The molecule has 0 aliphatic carbocycles.